The number of rotatable bonds is 2. The molecule has 6 nitrogen and oxygen atoms in total. The second-order valence-electron chi connectivity index (χ2n) is 6.87. The molecule has 7 heteroatoms. The van der Waals surface area contributed by atoms with Crippen LogP contribution in [0.5, 0.6) is 0 Å². The second-order valence-corrected chi connectivity index (χ2v) is 7.93. The van der Waals surface area contributed by atoms with Gasteiger partial charge in [-0.25, -0.2) is 4.98 Å². The molecule has 2 aliphatic rings. The minimum Gasteiger partial charge on any atom is -0.361 e. The number of likely N-dealkylation sites (N-methyl/N-ethyl adjacent to an activating group) is 1. The first-order chi connectivity index (χ1) is 12.5. The molecule has 2 amide bonds. The van der Waals surface area contributed by atoms with Gasteiger partial charge in [-0.3, -0.25) is 9.59 Å². The van der Waals surface area contributed by atoms with Gasteiger partial charge in [-0.1, -0.05) is 30.3 Å². The lowest BCUT2D eigenvalue weighted by molar-refractivity contribution is -0.159. The fourth-order valence-electron chi connectivity index (χ4n) is 3.92. The topological polar surface area (TPSA) is 62.7 Å². The summed E-state index contributed by atoms with van der Waals surface area (Å²) in [6.45, 7) is 3.53. The molecule has 2 aliphatic heterocycles. The number of thiazole rings is 1. The zero-order chi connectivity index (χ0) is 18.3. The molecule has 0 saturated carbocycles. The summed E-state index contributed by atoms with van der Waals surface area (Å²) in [5.41, 5.74) is 0.485. The molecule has 2 saturated heterocycles. The second kappa shape index (κ2) is 6.48. The molecule has 4 rings (SSSR count). The summed E-state index contributed by atoms with van der Waals surface area (Å²) in [6, 6.07) is 9.93. The average molecular weight is 371 g/mol. The number of carbonyl (C=O) groups excluding carboxylic acids is 2. The van der Waals surface area contributed by atoms with Gasteiger partial charge in [-0.05, 0) is 12.5 Å². The highest BCUT2D eigenvalue weighted by molar-refractivity contribution is 7.09. The Labute approximate surface area is 156 Å². The van der Waals surface area contributed by atoms with Gasteiger partial charge in [0, 0.05) is 31.4 Å². The van der Waals surface area contributed by atoms with Crippen molar-refractivity contribution in [1.82, 2.24) is 14.8 Å². The van der Waals surface area contributed by atoms with E-state index in [0.717, 1.165) is 10.6 Å². The van der Waals surface area contributed by atoms with E-state index in [2.05, 4.69) is 4.98 Å². The number of benzene rings is 1. The molecule has 0 radical (unpaired) electrons. The number of carbonyl (C=O) groups is 2. The van der Waals surface area contributed by atoms with Crippen LogP contribution in [0.2, 0.25) is 0 Å². The van der Waals surface area contributed by atoms with E-state index in [0.29, 0.717) is 25.4 Å². The number of amides is 2. The van der Waals surface area contributed by atoms with Crippen molar-refractivity contribution in [3.05, 3.63) is 52.0 Å². The first kappa shape index (κ1) is 17.2. The summed E-state index contributed by atoms with van der Waals surface area (Å²) in [4.78, 5) is 33.6. The first-order valence-corrected chi connectivity index (χ1v) is 9.55. The van der Waals surface area contributed by atoms with Crippen molar-refractivity contribution in [2.45, 2.75) is 18.4 Å². The molecule has 136 valence electrons. The highest BCUT2D eigenvalue weighted by Crippen LogP contribution is 2.41. The number of nitrogens with zero attached hydrogens (tertiary/aromatic N) is 3. The Balaban J connectivity index is 1.66. The third-order valence-electron chi connectivity index (χ3n) is 5.20. The summed E-state index contributed by atoms with van der Waals surface area (Å²) < 4.78 is 6.09. The molecule has 0 aliphatic carbocycles. The van der Waals surface area contributed by atoms with Gasteiger partial charge in [-0.2, -0.15) is 0 Å². The predicted molar refractivity (Wildman–Crippen MR) is 98.3 cm³/mol. The maximum Gasteiger partial charge on any atom is 0.273 e. The van der Waals surface area contributed by atoms with Crippen LogP contribution in [-0.4, -0.2) is 65.5 Å². The van der Waals surface area contributed by atoms with E-state index in [4.69, 9.17) is 4.74 Å². The Morgan fingerprint density at radius 3 is 2.81 bits per heavy atom. The molecular weight excluding hydrogens is 350 g/mol. The van der Waals surface area contributed by atoms with E-state index in [1.807, 2.05) is 37.3 Å². The van der Waals surface area contributed by atoms with E-state index in [1.54, 1.807) is 22.2 Å². The molecule has 1 aromatic heterocycles. The maximum atomic E-state index is 13.0. The van der Waals surface area contributed by atoms with Gasteiger partial charge in [0.05, 0.1) is 18.2 Å². The van der Waals surface area contributed by atoms with Gasteiger partial charge in [-0.15, -0.1) is 11.3 Å². The maximum absolute atomic E-state index is 13.0. The summed E-state index contributed by atoms with van der Waals surface area (Å²) in [7, 11) is 1.79. The number of aryl methyl sites for hydroxylation is 1. The van der Waals surface area contributed by atoms with Gasteiger partial charge >= 0.3 is 0 Å². The molecule has 26 heavy (non-hydrogen) atoms. The first-order valence-electron chi connectivity index (χ1n) is 8.67. The quantitative estimate of drug-likeness (QED) is 0.809. The van der Waals surface area contributed by atoms with Gasteiger partial charge in [0.2, 0.25) is 0 Å². The van der Waals surface area contributed by atoms with Crippen LogP contribution in [-0.2, 0) is 9.53 Å². The smallest absolute Gasteiger partial charge is 0.273 e. The third-order valence-corrected chi connectivity index (χ3v) is 5.98. The SMILES string of the molecule is Cc1nc(C(=O)N2CCOC3(C2)C(=O)N(C)CC3c2ccccc2)cs1. The monoisotopic (exact) mass is 371 g/mol. The molecule has 0 bridgehead atoms. The van der Waals surface area contributed by atoms with Crippen LogP contribution in [0.4, 0.5) is 0 Å². The number of hydrogen-bond donors (Lipinski definition) is 0. The lowest BCUT2D eigenvalue weighted by Gasteiger charge is -2.41. The fourth-order valence-corrected chi connectivity index (χ4v) is 4.51. The summed E-state index contributed by atoms with van der Waals surface area (Å²) >= 11 is 1.45. The van der Waals surface area contributed by atoms with Crippen LogP contribution in [0, 0.1) is 6.92 Å². The minimum absolute atomic E-state index is 0.0571. The van der Waals surface area contributed by atoms with Gasteiger partial charge < -0.3 is 14.5 Å². The van der Waals surface area contributed by atoms with Crippen molar-refractivity contribution < 1.29 is 14.3 Å². The highest BCUT2D eigenvalue weighted by Gasteiger charge is 2.57. The standard InChI is InChI=1S/C19H21N3O3S/c1-13-20-16(11-26-13)17(23)22-8-9-25-19(12-22)15(10-21(2)18(19)24)14-6-4-3-5-7-14/h3-7,11,15H,8-10,12H2,1-2H3. The van der Waals surface area contributed by atoms with Crippen LogP contribution in [0.1, 0.15) is 27.0 Å². The van der Waals surface area contributed by atoms with E-state index < -0.39 is 5.60 Å². The Hall–Kier alpha value is -2.25. The Kier molecular flexibility index (Phi) is 4.28. The van der Waals surface area contributed by atoms with Crippen molar-refractivity contribution in [2.75, 3.05) is 33.3 Å². The molecule has 2 aromatic rings. The van der Waals surface area contributed by atoms with E-state index >= 15 is 0 Å². The molecule has 3 heterocycles. The zero-order valence-corrected chi connectivity index (χ0v) is 15.7. The highest BCUT2D eigenvalue weighted by atomic mass is 32.1. The molecule has 2 fully saturated rings. The zero-order valence-electron chi connectivity index (χ0n) is 14.8. The average Bonchev–Trinajstić information content (AvgIpc) is 3.20. The van der Waals surface area contributed by atoms with Crippen molar-refractivity contribution in [3.63, 3.8) is 0 Å². The molecular formula is C19H21N3O3S. The van der Waals surface area contributed by atoms with Crippen molar-refractivity contribution >= 4 is 23.2 Å². The van der Waals surface area contributed by atoms with Crippen LogP contribution in [0.15, 0.2) is 35.7 Å². The van der Waals surface area contributed by atoms with Crippen molar-refractivity contribution in [3.8, 4) is 0 Å². The predicted octanol–water partition coefficient (Wildman–Crippen LogP) is 1.92. The van der Waals surface area contributed by atoms with Crippen LogP contribution < -0.4 is 0 Å². The van der Waals surface area contributed by atoms with Gasteiger partial charge in [0.15, 0.2) is 5.60 Å². The number of aromatic nitrogens is 1. The molecule has 2 atom stereocenters. The number of hydrogen-bond acceptors (Lipinski definition) is 5. The summed E-state index contributed by atoms with van der Waals surface area (Å²) in [5, 5.41) is 2.63. The molecule has 0 N–H and O–H groups in total. The molecule has 1 spiro atoms. The Bertz CT molecular complexity index is 838. The Morgan fingerprint density at radius 1 is 1.35 bits per heavy atom. The molecule has 1 aromatic carbocycles. The number of likely N-dealkylation sites (tertiary alicyclic amines) is 1. The number of ether oxygens (including phenoxy) is 1. The lowest BCUT2D eigenvalue weighted by atomic mass is 9.83. The van der Waals surface area contributed by atoms with Crippen molar-refractivity contribution in [2.24, 2.45) is 0 Å². The minimum atomic E-state index is -1.02. The summed E-state index contributed by atoms with van der Waals surface area (Å²) in [5.74, 6) is -0.293. The molecule has 2 unspecified atom stereocenters. The van der Waals surface area contributed by atoms with Crippen LogP contribution >= 0.6 is 11.3 Å². The van der Waals surface area contributed by atoms with Crippen LogP contribution in [0.3, 0.4) is 0 Å². The Morgan fingerprint density at radius 2 is 2.12 bits per heavy atom. The lowest BCUT2D eigenvalue weighted by Crippen LogP contribution is -2.59. The third kappa shape index (κ3) is 2.71. The number of morpholine rings is 1. The normalized spacial score (nSPS) is 25.9. The van der Waals surface area contributed by atoms with Gasteiger partial charge in [0.25, 0.3) is 11.8 Å². The van der Waals surface area contributed by atoms with Gasteiger partial charge in [0.1, 0.15) is 5.69 Å². The van der Waals surface area contributed by atoms with E-state index in [9.17, 15) is 9.59 Å². The van der Waals surface area contributed by atoms with Crippen molar-refractivity contribution in [1.29, 1.82) is 0 Å². The van der Waals surface area contributed by atoms with Crippen LogP contribution in [0.25, 0.3) is 0 Å². The largest absolute Gasteiger partial charge is 0.361 e. The van der Waals surface area contributed by atoms with E-state index in [-0.39, 0.29) is 24.3 Å². The summed E-state index contributed by atoms with van der Waals surface area (Å²) in [6.07, 6.45) is 0. The fraction of sp³-hybridized carbons (Fsp3) is 0.421. The van der Waals surface area contributed by atoms with E-state index in [1.165, 1.54) is 11.3 Å².